The van der Waals surface area contributed by atoms with E-state index in [4.69, 9.17) is 11.6 Å². The monoisotopic (exact) mass is 515 g/mol. The molecule has 0 saturated heterocycles. The first kappa shape index (κ1) is 25.1. The maximum Gasteiger partial charge on any atom is 0.335 e. The molecule has 184 valence electrons. The lowest BCUT2D eigenvalue weighted by Gasteiger charge is -2.16. The van der Waals surface area contributed by atoms with E-state index in [2.05, 4.69) is 9.98 Å². The van der Waals surface area contributed by atoms with Gasteiger partial charge in [-0.1, -0.05) is 23.7 Å². The Morgan fingerprint density at radius 2 is 1.77 bits per heavy atom. The number of aromatic nitrogens is 4. The second-order valence-corrected chi connectivity index (χ2v) is 9.98. The number of aryl methyl sites for hydroxylation is 1. The summed E-state index contributed by atoms with van der Waals surface area (Å²) in [6.45, 7) is 1.70. The molecule has 2 N–H and O–H groups in total. The van der Waals surface area contributed by atoms with Gasteiger partial charge in [-0.25, -0.2) is 24.1 Å². The highest BCUT2D eigenvalue weighted by Crippen LogP contribution is 2.25. The molecule has 0 unspecified atom stereocenters. The second kappa shape index (κ2) is 10.7. The summed E-state index contributed by atoms with van der Waals surface area (Å²) >= 11 is 7.57. The van der Waals surface area contributed by atoms with Gasteiger partial charge in [0.05, 0.1) is 27.5 Å². The van der Waals surface area contributed by atoms with E-state index in [1.54, 1.807) is 36.6 Å². The minimum absolute atomic E-state index is 0.0598. The number of aliphatic hydroxyl groups excluding tert-OH is 2. The van der Waals surface area contributed by atoms with Crippen LogP contribution in [-0.4, -0.2) is 42.1 Å². The zero-order chi connectivity index (χ0) is 25.1. The predicted octanol–water partition coefficient (Wildman–Crippen LogP) is 2.19. The minimum Gasteiger partial charge on any atom is -0.396 e. The van der Waals surface area contributed by atoms with Gasteiger partial charge in [0.1, 0.15) is 0 Å². The molecule has 35 heavy (non-hydrogen) atoms. The lowest BCUT2D eigenvalue weighted by Crippen LogP contribution is -2.54. The Morgan fingerprint density at radius 1 is 1.06 bits per heavy atom. The molecule has 2 aromatic carbocycles. The topological polar surface area (TPSA) is 115 Å². The fourth-order valence-corrected chi connectivity index (χ4v) is 4.75. The van der Waals surface area contributed by atoms with Crippen LogP contribution in [0.5, 0.6) is 0 Å². The number of hydrogen-bond acceptors (Lipinski definition) is 7. The van der Waals surface area contributed by atoms with Crippen LogP contribution < -0.4 is 17.0 Å². The highest BCUT2D eigenvalue weighted by Gasteiger charge is 2.15. The summed E-state index contributed by atoms with van der Waals surface area (Å²) in [7, 11) is 1.57. The zero-order valence-corrected chi connectivity index (χ0v) is 21.0. The van der Waals surface area contributed by atoms with Gasteiger partial charge < -0.3 is 10.2 Å². The van der Waals surface area contributed by atoms with Gasteiger partial charge in [0, 0.05) is 37.7 Å². The maximum absolute atomic E-state index is 13.5. The lowest BCUT2D eigenvalue weighted by molar-refractivity contribution is 0.139. The van der Waals surface area contributed by atoms with Crippen LogP contribution >= 0.6 is 22.9 Å². The van der Waals surface area contributed by atoms with Crippen molar-refractivity contribution in [3.8, 4) is 0 Å². The molecular formula is C24H26ClN5O4S. The molecule has 2 aromatic heterocycles. The lowest BCUT2D eigenvalue weighted by atomic mass is 10.1. The average molecular weight is 516 g/mol. The average Bonchev–Trinajstić information content (AvgIpc) is 3.22. The molecule has 0 spiro atoms. The van der Waals surface area contributed by atoms with Crippen LogP contribution in [0, 0.1) is 12.8 Å². The summed E-state index contributed by atoms with van der Waals surface area (Å²) < 4.78 is 4.86. The van der Waals surface area contributed by atoms with E-state index < -0.39 is 17.3 Å². The maximum atomic E-state index is 13.5. The third-order valence-electron chi connectivity index (χ3n) is 5.76. The summed E-state index contributed by atoms with van der Waals surface area (Å²) in [6, 6.07) is 12.7. The number of rotatable bonds is 8. The molecule has 0 bridgehead atoms. The predicted molar refractivity (Wildman–Crippen MR) is 136 cm³/mol. The number of benzene rings is 2. The quantitative estimate of drug-likeness (QED) is 0.373. The number of halogens is 1. The van der Waals surface area contributed by atoms with Crippen molar-refractivity contribution >= 4 is 38.8 Å². The number of hydrogen-bond donors (Lipinski definition) is 2. The molecule has 0 aliphatic heterocycles. The Hall–Kier alpha value is -3.05. The van der Waals surface area contributed by atoms with Crippen molar-refractivity contribution in [1.29, 1.82) is 0 Å². The van der Waals surface area contributed by atoms with Crippen LogP contribution in [0.2, 0.25) is 5.02 Å². The van der Waals surface area contributed by atoms with E-state index in [1.165, 1.54) is 9.13 Å². The van der Waals surface area contributed by atoms with Crippen LogP contribution in [0.1, 0.15) is 17.0 Å². The molecular weight excluding hydrogens is 490 g/mol. The van der Waals surface area contributed by atoms with Crippen LogP contribution in [0.25, 0.3) is 10.2 Å². The molecule has 0 aliphatic rings. The Balaban J connectivity index is 1.89. The van der Waals surface area contributed by atoms with Crippen LogP contribution in [0.15, 0.2) is 57.0 Å². The zero-order valence-electron chi connectivity index (χ0n) is 19.4. The Labute approximate surface area is 209 Å². The van der Waals surface area contributed by atoms with Gasteiger partial charge in [-0.2, -0.15) is 0 Å². The Kier molecular flexibility index (Phi) is 7.66. The molecule has 0 saturated carbocycles. The van der Waals surface area contributed by atoms with Crippen LogP contribution in [0.4, 0.5) is 5.69 Å². The van der Waals surface area contributed by atoms with Crippen molar-refractivity contribution in [2.24, 2.45) is 18.0 Å². The van der Waals surface area contributed by atoms with Crippen LogP contribution in [0.3, 0.4) is 0 Å². The fourth-order valence-electron chi connectivity index (χ4n) is 3.76. The normalized spacial score (nSPS) is 12.2. The van der Waals surface area contributed by atoms with E-state index in [1.807, 2.05) is 31.2 Å². The molecule has 2 heterocycles. The van der Waals surface area contributed by atoms with Crippen molar-refractivity contribution in [3.63, 3.8) is 0 Å². The van der Waals surface area contributed by atoms with E-state index >= 15 is 0 Å². The number of thiazole rings is 1. The summed E-state index contributed by atoms with van der Waals surface area (Å²) in [6.07, 6.45) is 0.279. The van der Waals surface area contributed by atoms with Crippen molar-refractivity contribution in [1.82, 2.24) is 18.7 Å². The van der Waals surface area contributed by atoms with Gasteiger partial charge in [-0.05, 0) is 49.2 Å². The van der Waals surface area contributed by atoms with Gasteiger partial charge in [0.15, 0.2) is 0 Å². The highest BCUT2D eigenvalue weighted by molar-refractivity contribution is 7.18. The van der Waals surface area contributed by atoms with E-state index in [-0.39, 0.29) is 38.3 Å². The molecule has 0 amide bonds. The first-order valence-electron chi connectivity index (χ1n) is 11.1. The third-order valence-corrected chi connectivity index (χ3v) is 6.95. The first-order valence-corrected chi connectivity index (χ1v) is 12.3. The van der Waals surface area contributed by atoms with E-state index in [0.717, 1.165) is 25.4 Å². The molecule has 0 aliphatic carbocycles. The number of nitrogens with zero attached hydrogens (tertiary/aromatic N) is 5. The van der Waals surface area contributed by atoms with Gasteiger partial charge in [0.25, 0.3) is 0 Å². The van der Waals surface area contributed by atoms with Crippen molar-refractivity contribution < 1.29 is 10.2 Å². The Bertz CT molecular complexity index is 1530. The first-order chi connectivity index (χ1) is 16.8. The molecule has 9 nitrogen and oxygen atoms in total. The van der Waals surface area contributed by atoms with Gasteiger partial charge in [-0.3, -0.25) is 9.13 Å². The van der Waals surface area contributed by atoms with Crippen molar-refractivity contribution in [2.45, 2.75) is 26.4 Å². The number of aliphatic hydroxyl groups is 2. The van der Waals surface area contributed by atoms with E-state index in [0.29, 0.717) is 10.7 Å². The molecule has 0 radical (unpaired) electrons. The van der Waals surface area contributed by atoms with Gasteiger partial charge in [-0.15, -0.1) is 11.3 Å². The third kappa shape index (κ3) is 5.46. The summed E-state index contributed by atoms with van der Waals surface area (Å²) in [5.74, 6) is -0.421. The summed E-state index contributed by atoms with van der Waals surface area (Å²) in [5, 5.41) is 20.3. The SMILES string of the molecule is Cc1nc2ccc(/N=c3\n(C)c(=O)n(CCC(CO)CO)c(=O)n3Cc3ccc(Cl)cc3)cc2s1. The van der Waals surface area contributed by atoms with Crippen LogP contribution in [-0.2, 0) is 20.1 Å². The van der Waals surface area contributed by atoms with E-state index in [9.17, 15) is 19.8 Å². The molecule has 4 aromatic rings. The standard InChI is InChI=1S/C24H26ClN5O4S/c1-15-26-20-8-7-19(11-21(20)35-15)27-22-28(2)23(33)29(10-9-17(13-31)14-32)24(34)30(22)12-16-3-5-18(25)6-4-16/h3-8,11,17,31-32H,9-10,12-14H2,1-2H3/b27-22+. The highest BCUT2D eigenvalue weighted by atomic mass is 35.5. The number of fused-ring (bicyclic) bond motifs is 1. The smallest absolute Gasteiger partial charge is 0.335 e. The van der Waals surface area contributed by atoms with Gasteiger partial charge in [0.2, 0.25) is 5.62 Å². The largest absolute Gasteiger partial charge is 0.396 e. The molecule has 0 atom stereocenters. The van der Waals surface area contributed by atoms with Crippen molar-refractivity contribution in [3.05, 3.63) is 84.6 Å². The van der Waals surface area contributed by atoms with Crippen molar-refractivity contribution in [2.75, 3.05) is 13.2 Å². The molecule has 4 rings (SSSR count). The second-order valence-electron chi connectivity index (χ2n) is 8.30. The molecule has 11 heteroatoms. The molecule has 0 fully saturated rings. The summed E-state index contributed by atoms with van der Waals surface area (Å²) in [4.78, 5) is 35.8. The fraction of sp³-hybridized carbons (Fsp3) is 0.333. The van der Waals surface area contributed by atoms with Gasteiger partial charge >= 0.3 is 11.4 Å². The summed E-state index contributed by atoms with van der Waals surface area (Å²) in [5.41, 5.74) is 1.44. The Morgan fingerprint density at radius 3 is 2.46 bits per heavy atom. The minimum atomic E-state index is -0.523.